The molecule has 9 heteroatoms. The Labute approximate surface area is 168 Å². The summed E-state index contributed by atoms with van der Waals surface area (Å²) in [5.41, 5.74) is 1.09. The van der Waals surface area contributed by atoms with Crippen molar-refractivity contribution in [3.63, 3.8) is 0 Å². The van der Waals surface area contributed by atoms with Crippen molar-refractivity contribution in [3.05, 3.63) is 52.0 Å². The molecular weight excluding hydrogens is 407 g/mol. The lowest BCUT2D eigenvalue weighted by atomic mass is 10.2. The zero-order chi connectivity index (χ0) is 20.0. The first-order chi connectivity index (χ1) is 12.8. The largest absolute Gasteiger partial charge is 0.339 e. The molecule has 0 saturated heterocycles. The molecule has 2 aromatic rings. The Bertz CT molecular complexity index is 883. The van der Waals surface area contributed by atoms with E-state index in [4.69, 9.17) is 0 Å². The fraction of sp³-hybridized carbons (Fsp3) is 0.389. The van der Waals surface area contributed by atoms with Crippen LogP contribution in [0.2, 0.25) is 0 Å². The fourth-order valence-electron chi connectivity index (χ4n) is 2.51. The molecule has 0 saturated carbocycles. The van der Waals surface area contributed by atoms with Crippen LogP contribution in [0.3, 0.4) is 0 Å². The number of hydrogen-bond acceptors (Lipinski definition) is 5. The van der Waals surface area contributed by atoms with Gasteiger partial charge in [0.05, 0.1) is 6.54 Å². The molecule has 27 heavy (non-hydrogen) atoms. The number of carbonyl (C=O) groups is 1. The number of thiophene rings is 1. The van der Waals surface area contributed by atoms with Gasteiger partial charge in [0.1, 0.15) is 16.8 Å². The van der Waals surface area contributed by atoms with E-state index in [1.165, 1.54) is 34.9 Å². The van der Waals surface area contributed by atoms with Gasteiger partial charge in [0, 0.05) is 11.9 Å². The molecule has 5 nitrogen and oxygen atoms in total. The van der Waals surface area contributed by atoms with Gasteiger partial charge in [-0.05, 0) is 54.5 Å². The molecule has 1 heterocycles. The van der Waals surface area contributed by atoms with Gasteiger partial charge in [-0.3, -0.25) is 4.79 Å². The number of nitrogens with zero attached hydrogens (tertiary/aromatic N) is 1. The number of sulfonamides is 1. The first kappa shape index (κ1) is 21.9. The van der Waals surface area contributed by atoms with Crippen molar-refractivity contribution < 1.29 is 17.6 Å². The predicted molar refractivity (Wildman–Crippen MR) is 109 cm³/mol. The maximum absolute atomic E-state index is 13.9. The maximum Gasteiger partial charge on any atom is 0.244 e. The average molecular weight is 431 g/mol. The quantitative estimate of drug-likeness (QED) is 0.663. The standard InChI is InChI=1S/C18H23FN2O3S3/c1-13-8-11-26-16(13)12-21(2)18(22)15(9-10-25-3)20-27(23,24)17-7-5-4-6-14(17)19/h4-8,11,15,20H,9-10,12H2,1-3H3. The van der Waals surface area contributed by atoms with Crippen LogP contribution in [0.1, 0.15) is 16.9 Å². The molecule has 1 N–H and O–H groups in total. The van der Waals surface area contributed by atoms with E-state index in [0.717, 1.165) is 16.5 Å². The van der Waals surface area contributed by atoms with Crippen LogP contribution in [-0.2, 0) is 21.4 Å². The van der Waals surface area contributed by atoms with E-state index >= 15 is 0 Å². The molecule has 1 aromatic carbocycles. The van der Waals surface area contributed by atoms with Crippen molar-refractivity contribution in [2.75, 3.05) is 19.1 Å². The molecule has 0 aliphatic rings. The summed E-state index contributed by atoms with van der Waals surface area (Å²) in [6, 6.07) is 6.16. The van der Waals surface area contributed by atoms with Crippen LogP contribution in [-0.4, -0.2) is 44.3 Å². The Morgan fingerprint density at radius 3 is 2.63 bits per heavy atom. The second kappa shape index (κ2) is 9.68. The number of halogens is 1. The minimum absolute atomic E-state index is 0.321. The second-order valence-electron chi connectivity index (χ2n) is 6.11. The molecular formula is C18H23FN2O3S3. The SMILES string of the molecule is CSCCC(NS(=O)(=O)c1ccccc1F)C(=O)N(C)Cc1sccc1C. The normalized spacial score (nSPS) is 12.7. The van der Waals surface area contributed by atoms with Crippen LogP contribution in [0, 0.1) is 12.7 Å². The van der Waals surface area contributed by atoms with Crippen molar-refractivity contribution in [1.82, 2.24) is 9.62 Å². The van der Waals surface area contributed by atoms with Gasteiger partial charge in [-0.15, -0.1) is 11.3 Å². The molecule has 1 amide bonds. The monoisotopic (exact) mass is 430 g/mol. The Morgan fingerprint density at radius 1 is 1.33 bits per heavy atom. The Kier molecular flexibility index (Phi) is 7.84. The number of amides is 1. The Balaban J connectivity index is 2.19. The number of aryl methyl sites for hydroxylation is 1. The summed E-state index contributed by atoms with van der Waals surface area (Å²) in [6.45, 7) is 2.37. The van der Waals surface area contributed by atoms with Crippen molar-refractivity contribution in [3.8, 4) is 0 Å². The summed E-state index contributed by atoms with van der Waals surface area (Å²) in [5, 5.41) is 1.95. The molecule has 0 radical (unpaired) electrons. The van der Waals surface area contributed by atoms with Gasteiger partial charge in [-0.1, -0.05) is 12.1 Å². The van der Waals surface area contributed by atoms with Gasteiger partial charge < -0.3 is 4.90 Å². The third-order valence-electron chi connectivity index (χ3n) is 4.06. The van der Waals surface area contributed by atoms with Gasteiger partial charge in [0.25, 0.3) is 0 Å². The van der Waals surface area contributed by atoms with Crippen LogP contribution in [0.4, 0.5) is 4.39 Å². The summed E-state index contributed by atoms with van der Waals surface area (Å²) < 4.78 is 41.5. The van der Waals surface area contributed by atoms with E-state index in [1.54, 1.807) is 18.4 Å². The molecule has 1 unspecified atom stereocenters. The zero-order valence-electron chi connectivity index (χ0n) is 15.4. The number of nitrogens with one attached hydrogen (secondary N) is 1. The number of rotatable bonds is 9. The van der Waals surface area contributed by atoms with Crippen LogP contribution >= 0.6 is 23.1 Å². The van der Waals surface area contributed by atoms with E-state index in [9.17, 15) is 17.6 Å². The molecule has 1 aromatic heterocycles. The summed E-state index contributed by atoms with van der Waals surface area (Å²) in [7, 11) is -2.50. The van der Waals surface area contributed by atoms with Crippen molar-refractivity contribution >= 4 is 39.0 Å². The van der Waals surface area contributed by atoms with E-state index in [2.05, 4.69) is 4.72 Å². The molecule has 1 atom stereocenters. The highest BCUT2D eigenvalue weighted by Gasteiger charge is 2.29. The van der Waals surface area contributed by atoms with E-state index in [1.807, 2.05) is 24.6 Å². The molecule has 0 bridgehead atoms. The highest BCUT2D eigenvalue weighted by molar-refractivity contribution is 7.98. The van der Waals surface area contributed by atoms with Gasteiger partial charge in [-0.25, -0.2) is 12.8 Å². The lowest BCUT2D eigenvalue weighted by molar-refractivity contribution is -0.132. The van der Waals surface area contributed by atoms with E-state index in [-0.39, 0.29) is 5.91 Å². The summed E-state index contributed by atoms with van der Waals surface area (Å²) in [6.07, 6.45) is 2.20. The third kappa shape index (κ3) is 5.78. The summed E-state index contributed by atoms with van der Waals surface area (Å²) in [5.74, 6) is -0.581. The minimum Gasteiger partial charge on any atom is -0.339 e. The molecule has 0 fully saturated rings. The highest BCUT2D eigenvalue weighted by atomic mass is 32.2. The Hall–Kier alpha value is -1.42. The number of benzene rings is 1. The smallest absolute Gasteiger partial charge is 0.244 e. The maximum atomic E-state index is 13.9. The lowest BCUT2D eigenvalue weighted by Gasteiger charge is -2.24. The number of thioether (sulfide) groups is 1. The van der Waals surface area contributed by atoms with Crippen molar-refractivity contribution in [2.45, 2.75) is 30.8 Å². The molecule has 148 valence electrons. The van der Waals surface area contributed by atoms with Crippen LogP contribution in [0.5, 0.6) is 0 Å². The van der Waals surface area contributed by atoms with Gasteiger partial charge in [-0.2, -0.15) is 16.5 Å². The molecule has 2 rings (SSSR count). The topological polar surface area (TPSA) is 66.5 Å². The van der Waals surface area contributed by atoms with Crippen LogP contribution < -0.4 is 4.72 Å². The lowest BCUT2D eigenvalue weighted by Crippen LogP contribution is -2.47. The Morgan fingerprint density at radius 2 is 2.04 bits per heavy atom. The predicted octanol–water partition coefficient (Wildman–Crippen LogP) is 3.25. The minimum atomic E-state index is -4.15. The fourth-order valence-corrected chi connectivity index (χ4v) is 5.24. The van der Waals surface area contributed by atoms with Gasteiger partial charge in [0.15, 0.2) is 0 Å². The number of hydrogen-bond donors (Lipinski definition) is 1. The second-order valence-corrected chi connectivity index (χ2v) is 9.78. The summed E-state index contributed by atoms with van der Waals surface area (Å²) >= 11 is 3.06. The van der Waals surface area contributed by atoms with E-state index < -0.39 is 26.8 Å². The van der Waals surface area contributed by atoms with Crippen molar-refractivity contribution in [2.24, 2.45) is 0 Å². The zero-order valence-corrected chi connectivity index (χ0v) is 17.9. The first-order valence-electron chi connectivity index (χ1n) is 8.30. The van der Waals surface area contributed by atoms with Gasteiger partial charge >= 0.3 is 0 Å². The summed E-state index contributed by atoms with van der Waals surface area (Å²) in [4.78, 5) is 15.0. The molecule has 0 aliphatic heterocycles. The third-order valence-corrected chi connectivity index (χ3v) is 7.21. The van der Waals surface area contributed by atoms with Gasteiger partial charge in [0.2, 0.25) is 15.9 Å². The van der Waals surface area contributed by atoms with E-state index in [0.29, 0.717) is 18.7 Å². The first-order valence-corrected chi connectivity index (χ1v) is 12.1. The number of likely N-dealkylation sites (N-methyl/N-ethyl adjacent to an activating group) is 1. The molecule has 0 spiro atoms. The average Bonchev–Trinajstić information content (AvgIpc) is 3.02. The number of carbonyl (C=O) groups excluding carboxylic acids is 1. The highest BCUT2D eigenvalue weighted by Crippen LogP contribution is 2.19. The van der Waals surface area contributed by atoms with Crippen molar-refractivity contribution in [1.29, 1.82) is 0 Å². The van der Waals surface area contributed by atoms with Crippen LogP contribution in [0.15, 0.2) is 40.6 Å². The van der Waals surface area contributed by atoms with Crippen LogP contribution in [0.25, 0.3) is 0 Å². The molecule has 0 aliphatic carbocycles.